The van der Waals surface area contributed by atoms with E-state index >= 15 is 0 Å². The molecular formula is C15H18N6O3. The molecule has 0 fully saturated rings. The van der Waals surface area contributed by atoms with E-state index in [1.54, 1.807) is 17.5 Å². The van der Waals surface area contributed by atoms with Gasteiger partial charge in [-0.15, -0.1) is 5.10 Å². The Labute approximate surface area is 137 Å². The van der Waals surface area contributed by atoms with Gasteiger partial charge in [-0.05, 0) is 32.8 Å². The predicted molar refractivity (Wildman–Crippen MR) is 84.0 cm³/mol. The number of nitrogen functional groups attached to an aromatic ring is 1. The molecule has 0 atom stereocenters. The van der Waals surface area contributed by atoms with Gasteiger partial charge in [0.15, 0.2) is 0 Å². The van der Waals surface area contributed by atoms with Crippen LogP contribution in [0.3, 0.4) is 0 Å². The number of anilines is 1. The molecular weight excluding hydrogens is 312 g/mol. The molecule has 2 N–H and O–H groups in total. The fourth-order valence-corrected chi connectivity index (χ4v) is 2.53. The minimum absolute atomic E-state index is 0.102. The molecule has 0 unspecified atom stereocenters. The normalized spacial score (nSPS) is 11.1. The number of fused-ring (bicyclic) bond motifs is 1. The number of nitrogens with zero attached hydrogens (tertiary/aromatic N) is 5. The zero-order valence-corrected chi connectivity index (χ0v) is 13.7. The summed E-state index contributed by atoms with van der Waals surface area (Å²) in [6.07, 6.45) is 0.729. The minimum atomic E-state index is -0.312. The number of rotatable bonds is 5. The molecule has 0 aliphatic rings. The molecule has 24 heavy (non-hydrogen) atoms. The molecule has 126 valence electrons. The van der Waals surface area contributed by atoms with Crippen molar-refractivity contribution in [3.8, 4) is 0 Å². The molecule has 3 rings (SSSR count). The molecule has 0 aromatic carbocycles. The van der Waals surface area contributed by atoms with Crippen LogP contribution in [0.2, 0.25) is 0 Å². The first-order chi connectivity index (χ1) is 11.4. The molecule has 0 saturated heterocycles. The van der Waals surface area contributed by atoms with Crippen LogP contribution in [-0.4, -0.2) is 30.7 Å². The zero-order valence-electron chi connectivity index (χ0n) is 13.7. The van der Waals surface area contributed by atoms with Gasteiger partial charge in [0, 0.05) is 23.9 Å². The molecule has 3 heterocycles. The van der Waals surface area contributed by atoms with Crippen molar-refractivity contribution < 1.29 is 14.1 Å². The van der Waals surface area contributed by atoms with Crippen molar-refractivity contribution in [2.75, 3.05) is 5.73 Å². The average molecular weight is 330 g/mol. The van der Waals surface area contributed by atoms with E-state index in [1.807, 2.05) is 13.8 Å². The van der Waals surface area contributed by atoms with Gasteiger partial charge in [-0.25, -0.2) is 4.98 Å². The fourth-order valence-electron chi connectivity index (χ4n) is 2.53. The number of hydrogen-bond acceptors (Lipinski definition) is 8. The van der Waals surface area contributed by atoms with E-state index in [0.29, 0.717) is 23.7 Å². The van der Waals surface area contributed by atoms with E-state index in [-0.39, 0.29) is 24.9 Å². The van der Waals surface area contributed by atoms with Crippen molar-refractivity contribution >= 4 is 17.7 Å². The zero-order chi connectivity index (χ0) is 17.3. The Hall–Kier alpha value is -2.97. The predicted octanol–water partition coefficient (Wildman–Crippen LogP) is 1.30. The third-order valence-corrected chi connectivity index (χ3v) is 3.70. The Kier molecular flexibility index (Phi) is 4.15. The second kappa shape index (κ2) is 6.26. The molecule has 0 bridgehead atoms. The van der Waals surface area contributed by atoms with Gasteiger partial charge in [-0.1, -0.05) is 5.16 Å². The lowest BCUT2D eigenvalue weighted by molar-refractivity contribution is -0.145. The SMILES string of the molecule is Cc1cc(COC(=O)CCc2c(C)nc3nc(N)nn3c2C)no1. The fraction of sp³-hybridized carbons (Fsp3) is 0.400. The number of nitrogens with two attached hydrogens (primary N) is 1. The highest BCUT2D eigenvalue weighted by atomic mass is 16.5. The summed E-state index contributed by atoms with van der Waals surface area (Å²) in [5.41, 5.74) is 8.79. The lowest BCUT2D eigenvalue weighted by atomic mass is 10.1. The first-order valence-electron chi connectivity index (χ1n) is 7.50. The van der Waals surface area contributed by atoms with Crippen LogP contribution < -0.4 is 5.73 Å². The third-order valence-electron chi connectivity index (χ3n) is 3.70. The third kappa shape index (κ3) is 3.19. The summed E-state index contributed by atoms with van der Waals surface area (Å²) in [5, 5.41) is 7.88. The maximum absolute atomic E-state index is 11.9. The number of hydrogen-bond donors (Lipinski definition) is 1. The number of carbonyl (C=O) groups excluding carboxylic acids is 1. The monoisotopic (exact) mass is 330 g/mol. The summed E-state index contributed by atoms with van der Waals surface area (Å²) in [6.45, 7) is 5.65. The Morgan fingerprint density at radius 1 is 1.33 bits per heavy atom. The van der Waals surface area contributed by atoms with Gasteiger partial charge in [0.2, 0.25) is 5.95 Å². The van der Waals surface area contributed by atoms with Gasteiger partial charge in [-0.3, -0.25) is 4.79 Å². The van der Waals surface area contributed by atoms with Gasteiger partial charge >= 0.3 is 5.97 Å². The Morgan fingerprint density at radius 3 is 2.83 bits per heavy atom. The summed E-state index contributed by atoms with van der Waals surface area (Å²) in [7, 11) is 0. The molecule has 3 aromatic rings. The molecule has 9 nitrogen and oxygen atoms in total. The number of aryl methyl sites for hydroxylation is 3. The van der Waals surface area contributed by atoms with E-state index in [0.717, 1.165) is 17.0 Å². The Bertz CT molecular complexity index is 898. The van der Waals surface area contributed by atoms with Crippen LogP contribution in [0.15, 0.2) is 10.6 Å². The smallest absolute Gasteiger partial charge is 0.306 e. The van der Waals surface area contributed by atoms with Crippen LogP contribution in [0.5, 0.6) is 0 Å². The van der Waals surface area contributed by atoms with Crippen LogP contribution in [0.1, 0.15) is 34.8 Å². The quantitative estimate of drug-likeness (QED) is 0.695. The van der Waals surface area contributed by atoms with E-state index in [9.17, 15) is 4.79 Å². The summed E-state index contributed by atoms with van der Waals surface area (Å²) in [6, 6.07) is 1.73. The molecule has 9 heteroatoms. The van der Waals surface area contributed by atoms with E-state index in [4.69, 9.17) is 15.0 Å². The minimum Gasteiger partial charge on any atom is -0.459 e. The van der Waals surface area contributed by atoms with E-state index < -0.39 is 0 Å². The van der Waals surface area contributed by atoms with Crippen molar-refractivity contribution in [2.45, 2.75) is 40.2 Å². The second-order valence-electron chi connectivity index (χ2n) is 5.53. The first kappa shape index (κ1) is 15.9. The van der Waals surface area contributed by atoms with Gasteiger partial charge in [-0.2, -0.15) is 9.50 Å². The molecule has 0 saturated carbocycles. The van der Waals surface area contributed by atoms with Crippen LogP contribution in [0.4, 0.5) is 5.95 Å². The lowest BCUT2D eigenvalue weighted by Gasteiger charge is -2.09. The molecule has 0 radical (unpaired) electrons. The number of carbonyl (C=O) groups is 1. The highest BCUT2D eigenvalue weighted by molar-refractivity contribution is 5.69. The van der Waals surface area contributed by atoms with Crippen LogP contribution in [0.25, 0.3) is 5.78 Å². The maximum atomic E-state index is 11.9. The molecule has 0 aliphatic carbocycles. The molecule has 0 aliphatic heterocycles. The number of aromatic nitrogens is 5. The summed E-state index contributed by atoms with van der Waals surface area (Å²) >= 11 is 0. The Morgan fingerprint density at radius 2 is 2.12 bits per heavy atom. The van der Waals surface area contributed by atoms with Crippen LogP contribution >= 0.6 is 0 Å². The number of esters is 1. The largest absolute Gasteiger partial charge is 0.459 e. The van der Waals surface area contributed by atoms with Crippen molar-refractivity contribution in [2.24, 2.45) is 0 Å². The van der Waals surface area contributed by atoms with Crippen molar-refractivity contribution in [1.29, 1.82) is 0 Å². The topological polar surface area (TPSA) is 121 Å². The van der Waals surface area contributed by atoms with E-state index in [2.05, 4.69) is 20.2 Å². The second-order valence-corrected chi connectivity index (χ2v) is 5.53. The van der Waals surface area contributed by atoms with Crippen molar-refractivity contribution in [3.63, 3.8) is 0 Å². The summed E-state index contributed by atoms with van der Waals surface area (Å²) in [4.78, 5) is 20.3. The maximum Gasteiger partial charge on any atom is 0.306 e. The average Bonchev–Trinajstić information content (AvgIpc) is 3.10. The highest BCUT2D eigenvalue weighted by Gasteiger charge is 2.14. The highest BCUT2D eigenvalue weighted by Crippen LogP contribution is 2.16. The van der Waals surface area contributed by atoms with E-state index in [1.165, 1.54) is 0 Å². The van der Waals surface area contributed by atoms with Gasteiger partial charge in [0.1, 0.15) is 18.1 Å². The van der Waals surface area contributed by atoms with Gasteiger partial charge < -0.3 is 15.0 Å². The van der Waals surface area contributed by atoms with Crippen LogP contribution in [-0.2, 0) is 22.6 Å². The number of ether oxygens (including phenoxy) is 1. The first-order valence-corrected chi connectivity index (χ1v) is 7.50. The lowest BCUT2D eigenvalue weighted by Crippen LogP contribution is -2.10. The van der Waals surface area contributed by atoms with Crippen molar-refractivity contribution in [1.82, 2.24) is 24.7 Å². The molecule has 0 amide bonds. The van der Waals surface area contributed by atoms with Crippen molar-refractivity contribution in [3.05, 3.63) is 34.5 Å². The van der Waals surface area contributed by atoms with Crippen LogP contribution in [0, 0.1) is 20.8 Å². The molecule has 0 spiro atoms. The van der Waals surface area contributed by atoms with Gasteiger partial charge in [0.05, 0.1) is 0 Å². The molecule has 3 aromatic heterocycles. The summed E-state index contributed by atoms with van der Waals surface area (Å²) in [5.74, 6) is 0.992. The van der Waals surface area contributed by atoms with Gasteiger partial charge in [0.25, 0.3) is 5.78 Å². The summed E-state index contributed by atoms with van der Waals surface area (Å²) < 4.78 is 11.7. The standard InChI is InChI=1S/C15H18N6O3/c1-8-6-11(20-24-8)7-23-13(22)5-4-12-9(2)17-15-18-14(16)19-21(15)10(12)3/h6H,4-5,7H2,1-3H3,(H2,16,19). The Balaban J connectivity index is 1.65.